The highest BCUT2D eigenvalue weighted by atomic mass is 19.1. The van der Waals surface area contributed by atoms with E-state index in [2.05, 4.69) is 10.3 Å². The molecule has 0 saturated heterocycles. The quantitative estimate of drug-likeness (QED) is 0.835. The molecule has 0 bridgehead atoms. The third-order valence-electron chi connectivity index (χ3n) is 2.03. The van der Waals surface area contributed by atoms with Crippen LogP contribution in [-0.4, -0.2) is 23.2 Å². The predicted molar refractivity (Wildman–Crippen MR) is 56.4 cm³/mol. The predicted octanol–water partition coefficient (Wildman–Crippen LogP) is 1.18. The molecule has 0 radical (unpaired) electrons. The van der Waals surface area contributed by atoms with Crippen molar-refractivity contribution in [2.24, 2.45) is 5.92 Å². The standard InChI is InChI=1S/C11H13FN2O2/c1-7(2)10(15)6-14-11(16)9-4-3-8(12)5-13-9/h3-5,7H,6H2,1-2H3,(H,14,16). The number of nitrogens with zero attached hydrogens (tertiary/aromatic N) is 1. The molecule has 16 heavy (non-hydrogen) atoms. The molecule has 4 nitrogen and oxygen atoms in total. The van der Waals surface area contributed by atoms with Crippen molar-refractivity contribution in [1.82, 2.24) is 10.3 Å². The molecule has 0 atom stereocenters. The third-order valence-corrected chi connectivity index (χ3v) is 2.03. The van der Waals surface area contributed by atoms with Crippen LogP contribution in [0.3, 0.4) is 0 Å². The highest BCUT2D eigenvalue weighted by molar-refractivity contribution is 5.95. The summed E-state index contributed by atoms with van der Waals surface area (Å²) < 4.78 is 12.5. The molecule has 5 heteroatoms. The normalized spacial score (nSPS) is 10.2. The highest BCUT2D eigenvalue weighted by Crippen LogP contribution is 1.98. The Morgan fingerprint density at radius 3 is 2.62 bits per heavy atom. The van der Waals surface area contributed by atoms with Crippen LogP contribution in [0.5, 0.6) is 0 Å². The van der Waals surface area contributed by atoms with E-state index in [4.69, 9.17) is 0 Å². The summed E-state index contributed by atoms with van der Waals surface area (Å²) in [5, 5.41) is 2.43. The fourth-order valence-corrected chi connectivity index (χ4v) is 0.972. The van der Waals surface area contributed by atoms with E-state index in [0.717, 1.165) is 12.3 Å². The third kappa shape index (κ3) is 3.42. The van der Waals surface area contributed by atoms with Gasteiger partial charge in [0.15, 0.2) is 5.78 Å². The van der Waals surface area contributed by atoms with E-state index in [-0.39, 0.29) is 23.9 Å². The van der Waals surface area contributed by atoms with Crippen molar-refractivity contribution in [3.63, 3.8) is 0 Å². The van der Waals surface area contributed by atoms with Gasteiger partial charge in [-0.3, -0.25) is 9.59 Å². The zero-order valence-corrected chi connectivity index (χ0v) is 9.16. The molecule has 0 spiro atoms. The number of hydrogen-bond donors (Lipinski definition) is 1. The smallest absolute Gasteiger partial charge is 0.270 e. The lowest BCUT2D eigenvalue weighted by Crippen LogP contribution is -2.32. The van der Waals surface area contributed by atoms with Crippen LogP contribution in [-0.2, 0) is 4.79 Å². The van der Waals surface area contributed by atoms with Crippen molar-refractivity contribution >= 4 is 11.7 Å². The van der Waals surface area contributed by atoms with Crippen molar-refractivity contribution in [3.8, 4) is 0 Å². The maximum absolute atomic E-state index is 12.5. The first-order chi connectivity index (χ1) is 7.50. The van der Waals surface area contributed by atoms with Crippen molar-refractivity contribution in [1.29, 1.82) is 0 Å². The molecule has 1 aromatic heterocycles. The van der Waals surface area contributed by atoms with Crippen LogP contribution in [0.1, 0.15) is 24.3 Å². The zero-order valence-electron chi connectivity index (χ0n) is 9.16. The molecule has 0 aliphatic rings. The Balaban J connectivity index is 2.53. The molecule has 1 N–H and O–H groups in total. The average molecular weight is 224 g/mol. The lowest BCUT2D eigenvalue weighted by atomic mass is 10.1. The summed E-state index contributed by atoms with van der Waals surface area (Å²) in [6.07, 6.45) is 0.958. The van der Waals surface area contributed by atoms with Crippen LogP contribution in [0.15, 0.2) is 18.3 Å². The Morgan fingerprint density at radius 1 is 1.44 bits per heavy atom. The van der Waals surface area contributed by atoms with Crippen molar-refractivity contribution < 1.29 is 14.0 Å². The first kappa shape index (κ1) is 12.3. The number of carbonyl (C=O) groups excluding carboxylic acids is 2. The van der Waals surface area contributed by atoms with Gasteiger partial charge in [-0.15, -0.1) is 0 Å². The molecule has 0 aliphatic heterocycles. The summed E-state index contributed by atoms with van der Waals surface area (Å²) in [6, 6.07) is 2.41. The second-order valence-corrected chi connectivity index (χ2v) is 3.67. The Morgan fingerprint density at radius 2 is 2.12 bits per heavy atom. The minimum Gasteiger partial charge on any atom is -0.344 e. The number of nitrogens with one attached hydrogen (secondary N) is 1. The number of rotatable bonds is 4. The first-order valence-electron chi connectivity index (χ1n) is 4.93. The molecule has 1 rings (SSSR count). The molecular formula is C11H13FN2O2. The van der Waals surface area contributed by atoms with Crippen LogP contribution in [0.2, 0.25) is 0 Å². The number of halogens is 1. The highest BCUT2D eigenvalue weighted by Gasteiger charge is 2.11. The number of ketones is 1. The van der Waals surface area contributed by atoms with E-state index in [1.807, 2.05) is 0 Å². The fraction of sp³-hybridized carbons (Fsp3) is 0.364. The maximum atomic E-state index is 12.5. The number of Topliss-reactive ketones (excluding diaryl/α,β-unsaturated/α-hetero) is 1. The van der Waals surface area contributed by atoms with Gasteiger partial charge in [-0.2, -0.15) is 0 Å². The molecule has 0 saturated carbocycles. The van der Waals surface area contributed by atoms with Gasteiger partial charge in [-0.1, -0.05) is 13.8 Å². The van der Waals surface area contributed by atoms with Gasteiger partial charge in [-0.25, -0.2) is 9.37 Å². The van der Waals surface area contributed by atoms with E-state index in [1.54, 1.807) is 13.8 Å². The van der Waals surface area contributed by atoms with E-state index < -0.39 is 11.7 Å². The number of pyridine rings is 1. The molecule has 86 valence electrons. The summed E-state index contributed by atoms with van der Waals surface area (Å²) in [5.41, 5.74) is 0.0953. The van der Waals surface area contributed by atoms with E-state index in [1.165, 1.54) is 6.07 Å². The number of hydrogen-bond acceptors (Lipinski definition) is 3. The summed E-state index contributed by atoms with van der Waals surface area (Å²) >= 11 is 0. The number of amides is 1. The monoisotopic (exact) mass is 224 g/mol. The molecular weight excluding hydrogens is 211 g/mol. The summed E-state index contributed by atoms with van der Waals surface area (Å²) in [5.74, 6) is -1.17. The van der Waals surface area contributed by atoms with Gasteiger partial charge in [-0.05, 0) is 12.1 Å². The lowest BCUT2D eigenvalue weighted by molar-refractivity contribution is -0.120. The molecule has 0 aromatic carbocycles. The van der Waals surface area contributed by atoms with E-state index >= 15 is 0 Å². The van der Waals surface area contributed by atoms with E-state index in [0.29, 0.717) is 0 Å². The van der Waals surface area contributed by atoms with Crippen LogP contribution >= 0.6 is 0 Å². The molecule has 0 aliphatic carbocycles. The lowest BCUT2D eigenvalue weighted by Gasteiger charge is -2.05. The van der Waals surface area contributed by atoms with Crippen LogP contribution in [0.4, 0.5) is 4.39 Å². The second-order valence-electron chi connectivity index (χ2n) is 3.67. The molecule has 1 aromatic rings. The fourth-order valence-electron chi connectivity index (χ4n) is 0.972. The minimum absolute atomic E-state index is 0.0322. The minimum atomic E-state index is -0.505. The molecule has 0 fully saturated rings. The number of carbonyl (C=O) groups is 2. The van der Waals surface area contributed by atoms with Crippen LogP contribution < -0.4 is 5.32 Å². The molecule has 0 unspecified atom stereocenters. The van der Waals surface area contributed by atoms with Crippen LogP contribution in [0, 0.1) is 11.7 Å². The van der Waals surface area contributed by atoms with Gasteiger partial charge >= 0.3 is 0 Å². The summed E-state index contributed by atoms with van der Waals surface area (Å²) in [4.78, 5) is 26.3. The summed E-state index contributed by atoms with van der Waals surface area (Å²) in [7, 11) is 0. The Hall–Kier alpha value is -1.78. The van der Waals surface area contributed by atoms with Crippen molar-refractivity contribution in [2.75, 3.05) is 6.54 Å². The van der Waals surface area contributed by atoms with Crippen molar-refractivity contribution in [3.05, 3.63) is 29.8 Å². The Bertz CT molecular complexity index is 387. The maximum Gasteiger partial charge on any atom is 0.270 e. The van der Waals surface area contributed by atoms with Gasteiger partial charge in [0.25, 0.3) is 5.91 Å². The topological polar surface area (TPSA) is 59.1 Å². The Labute approximate surface area is 92.9 Å². The molecule has 1 heterocycles. The van der Waals surface area contributed by atoms with Gasteiger partial charge in [0.2, 0.25) is 0 Å². The van der Waals surface area contributed by atoms with Crippen LogP contribution in [0.25, 0.3) is 0 Å². The zero-order chi connectivity index (χ0) is 12.1. The van der Waals surface area contributed by atoms with Crippen molar-refractivity contribution in [2.45, 2.75) is 13.8 Å². The largest absolute Gasteiger partial charge is 0.344 e. The number of aromatic nitrogens is 1. The second kappa shape index (κ2) is 5.34. The average Bonchev–Trinajstić information content (AvgIpc) is 2.26. The first-order valence-corrected chi connectivity index (χ1v) is 4.93. The van der Waals surface area contributed by atoms with Gasteiger partial charge in [0.05, 0.1) is 12.7 Å². The molecule has 1 amide bonds. The SMILES string of the molecule is CC(C)C(=O)CNC(=O)c1ccc(F)cn1. The summed E-state index contributed by atoms with van der Waals surface area (Å²) in [6.45, 7) is 3.48. The van der Waals surface area contributed by atoms with Gasteiger partial charge < -0.3 is 5.32 Å². The van der Waals surface area contributed by atoms with E-state index in [9.17, 15) is 14.0 Å². The Kier molecular flexibility index (Phi) is 4.10. The van der Waals surface area contributed by atoms with Gasteiger partial charge in [0.1, 0.15) is 11.5 Å². The van der Waals surface area contributed by atoms with Gasteiger partial charge in [0, 0.05) is 5.92 Å².